The molecule has 1 heterocycles. The van der Waals surface area contributed by atoms with Gasteiger partial charge in [-0.1, -0.05) is 12.1 Å². The normalized spacial score (nSPS) is 9.42. The second-order valence-electron chi connectivity index (χ2n) is 2.26. The Balaban J connectivity index is 0.000000720. The van der Waals surface area contributed by atoms with Crippen molar-refractivity contribution in [2.45, 2.75) is 0 Å². The van der Waals surface area contributed by atoms with E-state index >= 15 is 0 Å². The van der Waals surface area contributed by atoms with Crippen LogP contribution in [0.15, 0.2) is 24.3 Å². The summed E-state index contributed by atoms with van der Waals surface area (Å²) in [7, 11) is 1.59. The van der Waals surface area contributed by atoms with Crippen molar-refractivity contribution in [3.05, 3.63) is 24.3 Å². The van der Waals surface area contributed by atoms with Crippen LogP contribution in [0.2, 0.25) is 0 Å². The minimum atomic E-state index is 0. The van der Waals surface area contributed by atoms with E-state index in [4.69, 9.17) is 4.74 Å². The maximum atomic E-state index is 4.93. The third kappa shape index (κ3) is 1.44. The van der Waals surface area contributed by atoms with Crippen LogP contribution in [-0.4, -0.2) is 17.1 Å². The first kappa shape index (κ1) is 9.10. The van der Waals surface area contributed by atoms with Gasteiger partial charge in [0.1, 0.15) is 0 Å². The maximum absolute atomic E-state index is 4.93. The smallest absolute Gasteiger partial charge is 0.294 e. The molecular formula is C8H8FeN2O. The van der Waals surface area contributed by atoms with Gasteiger partial charge >= 0.3 is 0 Å². The molecule has 0 aliphatic rings. The van der Waals surface area contributed by atoms with Crippen molar-refractivity contribution in [2.24, 2.45) is 0 Å². The third-order valence-electron chi connectivity index (χ3n) is 1.56. The van der Waals surface area contributed by atoms with Crippen LogP contribution in [0.1, 0.15) is 0 Å². The second-order valence-corrected chi connectivity index (χ2v) is 2.26. The fourth-order valence-corrected chi connectivity index (χ4v) is 1.03. The fraction of sp³-hybridized carbons (Fsp3) is 0.125. The second kappa shape index (κ2) is 3.61. The monoisotopic (exact) mass is 204 g/mol. The summed E-state index contributed by atoms with van der Waals surface area (Å²) in [6, 6.07) is 8.37. The number of imidazole rings is 1. The molecule has 0 amide bonds. The Bertz CT molecular complexity index is 339. The number of H-pyrrole nitrogens is 1. The van der Waals surface area contributed by atoms with Gasteiger partial charge in [-0.2, -0.15) is 4.98 Å². The van der Waals surface area contributed by atoms with Crippen molar-refractivity contribution in [3.63, 3.8) is 0 Å². The van der Waals surface area contributed by atoms with Crippen molar-refractivity contribution in [1.29, 1.82) is 0 Å². The zero-order valence-corrected chi connectivity index (χ0v) is 7.62. The van der Waals surface area contributed by atoms with Gasteiger partial charge in [-0.3, -0.25) is 0 Å². The Morgan fingerprint density at radius 1 is 1.33 bits per heavy atom. The van der Waals surface area contributed by atoms with Crippen LogP contribution >= 0.6 is 0 Å². The summed E-state index contributed by atoms with van der Waals surface area (Å²) in [6.07, 6.45) is 0. The van der Waals surface area contributed by atoms with Crippen LogP contribution in [0.3, 0.4) is 0 Å². The molecule has 0 unspecified atom stereocenters. The third-order valence-corrected chi connectivity index (χ3v) is 1.56. The van der Waals surface area contributed by atoms with E-state index in [1.54, 1.807) is 7.11 Å². The predicted molar refractivity (Wildman–Crippen MR) is 42.6 cm³/mol. The molecule has 0 radical (unpaired) electrons. The molecule has 1 aromatic heterocycles. The average Bonchev–Trinajstić information content (AvgIpc) is 2.46. The standard InChI is InChI=1S/C8H8N2O.Fe/c1-11-8-9-6-4-2-3-5-7(6)10-8;/h2-5H,1H3,(H,9,10);. The maximum Gasteiger partial charge on any atom is 0.294 e. The van der Waals surface area contributed by atoms with Gasteiger partial charge in [0.2, 0.25) is 0 Å². The van der Waals surface area contributed by atoms with Gasteiger partial charge in [0.25, 0.3) is 6.01 Å². The summed E-state index contributed by atoms with van der Waals surface area (Å²) < 4.78 is 4.93. The number of para-hydroxylation sites is 2. The van der Waals surface area contributed by atoms with E-state index in [2.05, 4.69) is 9.97 Å². The summed E-state index contributed by atoms with van der Waals surface area (Å²) in [5, 5.41) is 0. The number of methoxy groups -OCH3 is 1. The molecule has 0 aliphatic heterocycles. The Morgan fingerprint density at radius 3 is 2.75 bits per heavy atom. The number of hydrogen-bond acceptors (Lipinski definition) is 2. The number of nitrogens with zero attached hydrogens (tertiary/aromatic N) is 1. The van der Waals surface area contributed by atoms with Crippen molar-refractivity contribution in [2.75, 3.05) is 7.11 Å². The SMILES string of the molecule is COc1nc2ccccc2[nH]1.[Fe]. The first-order chi connectivity index (χ1) is 5.40. The molecule has 4 heteroatoms. The number of rotatable bonds is 1. The largest absolute Gasteiger partial charge is 0.468 e. The summed E-state index contributed by atoms with van der Waals surface area (Å²) in [6.45, 7) is 0. The van der Waals surface area contributed by atoms with Gasteiger partial charge in [0.05, 0.1) is 18.1 Å². The van der Waals surface area contributed by atoms with Crippen LogP contribution < -0.4 is 4.74 Å². The van der Waals surface area contributed by atoms with Crippen molar-refractivity contribution < 1.29 is 21.8 Å². The van der Waals surface area contributed by atoms with E-state index in [0.29, 0.717) is 6.01 Å². The van der Waals surface area contributed by atoms with Crippen LogP contribution in [0.5, 0.6) is 6.01 Å². The van der Waals surface area contributed by atoms with Crippen LogP contribution in [0.25, 0.3) is 11.0 Å². The van der Waals surface area contributed by atoms with Crippen molar-refractivity contribution >= 4 is 11.0 Å². The van der Waals surface area contributed by atoms with Crippen LogP contribution in [-0.2, 0) is 17.1 Å². The summed E-state index contributed by atoms with van der Waals surface area (Å²) in [5.74, 6) is 0. The number of hydrogen-bond donors (Lipinski definition) is 1. The van der Waals surface area contributed by atoms with Crippen LogP contribution in [0, 0.1) is 0 Å². The molecule has 12 heavy (non-hydrogen) atoms. The molecule has 0 aliphatic carbocycles. The summed E-state index contributed by atoms with van der Waals surface area (Å²) >= 11 is 0. The molecule has 0 spiro atoms. The molecule has 3 nitrogen and oxygen atoms in total. The molecule has 0 fully saturated rings. The van der Waals surface area contributed by atoms with Gasteiger partial charge in [-0.15, -0.1) is 0 Å². The Hall–Kier alpha value is -0.991. The molecule has 0 saturated carbocycles. The van der Waals surface area contributed by atoms with Crippen LogP contribution in [0.4, 0.5) is 0 Å². The average molecular weight is 204 g/mol. The number of benzene rings is 1. The van der Waals surface area contributed by atoms with Crippen molar-refractivity contribution in [1.82, 2.24) is 9.97 Å². The fourth-order valence-electron chi connectivity index (χ4n) is 1.03. The van der Waals surface area contributed by atoms with Gasteiger partial charge in [0.15, 0.2) is 0 Å². The summed E-state index contributed by atoms with van der Waals surface area (Å²) in [4.78, 5) is 7.17. The molecular weight excluding hydrogens is 196 g/mol. The van der Waals surface area contributed by atoms with Gasteiger partial charge in [0, 0.05) is 17.1 Å². The van der Waals surface area contributed by atoms with E-state index in [9.17, 15) is 0 Å². The first-order valence-electron chi connectivity index (χ1n) is 3.39. The zero-order chi connectivity index (χ0) is 7.68. The van der Waals surface area contributed by atoms with Crippen molar-refractivity contribution in [3.8, 4) is 6.01 Å². The Labute approximate surface area is 80.6 Å². The van der Waals surface area contributed by atoms with Gasteiger partial charge in [-0.25, -0.2) is 0 Å². The molecule has 0 atom stereocenters. The van der Waals surface area contributed by atoms with E-state index < -0.39 is 0 Å². The minimum absolute atomic E-state index is 0. The summed E-state index contributed by atoms with van der Waals surface area (Å²) in [5.41, 5.74) is 1.94. The first-order valence-corrected chi connectivity index (χ1v) is 3.39. The van der Waals surface area contributed by atoms with E-state index in [1.165, 1.54) is 0 Å². The van der Waals surface area contributed by atoms with E-state index in [1.807, 2.05) is 24.3 Å². The predicted octanol–water partition coefficient (Wildman–Crippen LogP) is 1.57. The minimum Gasteiger partial charge on any atom is -0.468 e. The van der Waals surface area contributed by atoms with Gasteiger partial charge < -0.3 is 9.72 Å². The molecule has 64 valence electrons. The van der Waals surface area contributed by atoms with E-state index in [0.717, 1.165) is 11.0 Å². The zero-order valence-electron chi connectivity index (χ0n) is 6.52. The molecule has 2 aromatic rings. The molecule has 1 N–H and O–H groups in total. The molecule has 0 saturated heterocycles. The number of ether oxygens (including phenoxy) is 1. The van der Waals surface area contributed by atoms with E-state index in [-0.39, 0.29) is 17.1 Å². The number of aromatic nitrogens is 2. The Kier molecular flexibility index (Phi) is 2.73. The number of nitrogens with one attached hydrogen (secondary N) is 1. The molecule has 2 rings (SSSR count). The quantitative estimate of drug-likeness (QED) is 0.715. The number of aromatic amines is 1. The topological polar surface area (TPSA) is 37.9 Å². The molecule has 1 aromatic carbocycles. The Morgan fingerprint density at radius 2 is 2.08 bits per heavy atom. The molecule has 0 bridgehead atoms. The van der Waals surface area contributed by atoms with Gasteiger partial charge in [-0.05, 0) is 12.1 Å². The number of fused-ring (bicyclic) bond motifs is 1.